The van der Waals surface area contributed by atoms with E-state index in [0.717, 1.165) is 37.4 Å². The van der Waals surface area contributed by atoms with Crippen molar-refractivity contribution in [1.29, 1.82) is 0 Å². The summed E-state index contributed by atoms with van der Waals surface area (Å²) in [7, 11) is -2.05. The molecule has 1 saturated heterocycles. The van der Waals surface area contributed by atoms with Gasteiger partial charge in [-0.15, -0.1) is 0 Å². The van der Waals surface area contributed by atoms with E-state index in [2.05, 4.69) is 17.0 Å². The molecule has 1 aliphatic heterocycles. The molecule has 2 aromatic carbocycles. The van der Waals surface area contributed by atoms with Crippen LogP contribution in [0.1, 0.15) is 11.1 Å². The molecule has 7 nitrogen and oxygen atoms in total. The van der Waals surface area contributed by atoms with E-state index in [1.807, 2.05) is 17.0 Å². The van der Waals surface area contributed by atoms with E-state index in [9.17, 15) is 13.2 Å². The minimum absolute atomic E-state index is 0.0548. The summed E-state index contributed by atoms with van der Waals surface area (Å²) in [5, 5.41) is 5.10. The molecule has 1 aliphatic rings. The van der Waals surface area contributed by atoms with Crippen LogP contribution in [0.5, 0.6) is 5.75 Å². The van der Waals surface area contributed by atoms with Gasteiger partial charge in [-0.3, -0.25) is 9.69 Å². The maximum atomic E-state index is 12.5. The van der Waals surface area contributed by atoms with Gasteiger partial charge in [0.25, 0.3) is 0 Å². The Balaban J connectivity index is 1.44. The molecule has 2 N–H and O–H groups in total. The number of sulfonamides is 1. The second-order valence-electron chi connectivity index (χ2n) is 7.19. The molecule has 1 fully saturated rings. The molecule has 0 atom stereocenters. The van der Waals surface area contributed by atoms with Gasteiger partial charge in [-0.25, -0.2) is 13.6 Å². The molecule has 0 spiro atoms. The lowest BCUT2D eigenvalue weighted by Crippen LogP contribution is -2.49. The molecule has 29 heavy (non-hydrogen) atoms. The zero-order valence-electron chi connectivity index (χ0n) is 16.6. The van der Waals surface area contributed by atoms with Crippen LogP contribution in [-0.4, -0.2) is 64.0 Å². The molecule has 2 aromatic rings. The van der Waals surface area contributed by atoms with Crippen molar-refractivity contribution in [2.45, 2.75) is 17.7 Å². The number of benzene rings is 2. The SMILES string of the molecule is COc1ccc(CCN2CCN(C(=O)Cc3ccc(S(N)(=O)=O)cc3)CC2)cc1. The highest BCUT2D eigenvalue weighted by molar-refractivity contribution is 7.89. The summed E-state index contributed by atoms with van der Waals surface area (Å²) in [5.74, 6) is 0.920. The van der Waals surface area contributed by atoms with Crippen molar-refractivity contribution in [3.05, 3.63) is 59.7 Å². The minimum Gasteiger partial charge on any atom is -0.497 e. The Morgan fingerprint density at radius 3 is 2.10 bits per heavy atom. The first-order chi connectivity index (χ1) is 13.8. The molecule has 0 saturated carbocycles. The van der Waals surface area contributed by atoms with E-state index in [0.29, 0.717) is 13.1 Å². The quantitative estimate of drug-likeness (QED) is 0.732. The third-order valence-corrected chi connectivity index (χ3v) is 6.14. The van der Waals surface area contributed by atoms with Crippen LogP contribution < -0.4 is 9.88 Å². The maximum absolute atomic E-state index is 12.5. The Morgan fingerprint density at radius 1 is 0.966 bits per heavy atom. The fraction of sp³-hybridized carbons (Fsp3) is 0.381. The third kappa shape index (κ3) is 6.03. The van der Waals surface area contributed by atoms with Crippen LogP contribution in [-0.2, 0) is 27.7 Å². The maximum Gasteiger partial charge on any atom is 0.238 e. The minimum atomic E-state index is -3.71. The van der Waals surface area contributed by atoms with E-state index in [1.165, 1.54) is 17.7 Å². The highest BCUT2D eigenvalue weighted by atomic mass is 32.2. The lowest BCUT2D eigenvalue weighted by Gasteiger charge is -2.34. The van der Waals surface area contributed by atoms with E-state index in [-0.39, 0.29) is 17.2 Å². The van der Waals surface area contributed by atoms with Gasteiger partial charge in [-0.05, 0) is 41.8 Å². The van der Waals surface area contributed by atoms with Crippen LogP contribution in [0, 0.1) is 0 Å². The lowest BCUT2D eigenvalue weighted by atomic mass is 10.1. The highest BCUT2D eigenvalue weighted by Gasteiger charge is 2.21. The van der Waals surface area contributed by atoms with Crippen LogP contribution in [0.25, 0.3) is 0 Å². The predicted molar refractivity (Wildman–Crippen MR) is 111 cm³/mol. The Labute approximate surface area is 172 Å². The smallest absolute Gasteiger partial charge is 0.238 e. The fourth-order valence-electron chi connectivity index (χ4n) is 3.38. The molecule has 156 valence electrons. The van der Waals surface area contributed by atoms with Crippen LogP contribution in [0.3, 0.4) is 0 Å². The second-order valence-corrected chi connectivity index (χ2v) is 8.75. The number of rotatable bonds is 7. The van der Waals surface area contributed by atoms with Crippen molar-refractivity contribution in [2.75, 3.05) is 39.8 Å². The van der Waals surface area contributed by atoms with Gasteiger partial charge >= 0.3 is 0 Å². The van der Waals surface area contributed by atoms with Gasteiger partial charge in [0.2, 0.25) is 15.9 Å². The zero-order valence-corrected chi connectivity index (χ0v) is 17.4. The standard InChI is InChI=1S/C21H27N3O4S/c1-28-19-6-2-17(3-7-19)10-11-23-12-14-24(15-13-23)21(25)16-18-4-8-20(9-5-18)29(22,26)27/h2-9H,10-16H2,1H3,(H2,22,26,27). The number of nitrogens with zero attached hydrogens (tertiary/aromatic N) is 2. The van der Waals surface area contributed by atoms with Crippen molar-refractivity contribution >= 4 is 15.9 Å². The summed E-state index contributed by atoms with van der Waals surface area (Å²) in [6.07, 6.45) is 1.23. The van der Waals surface area contributed by atoms with Crippen molar-refractivity contribution in [1.82, 2.24) is 9.80 Å². The lowest BCUT2D eigenvalue weighted by molar-refractivity contribution is -0.132. The first kappa shape index (κ1) is 21.3. The van der Waals surface area contributed by atoms with Gasteiger partial charge in [0.1, 0.15) is 5.75 Å². The van der Waals surface area contributed by atoms with Gasteiger partial charge in [0.05, 0.1) is 18.4 Å². The largest absolute Gasteiger partial charge is 0.497 e. The highest BCUT2D eigenvalue weighted by Crippen LogP contribution is 2.14. The van der Waals surface area contributed by atoms with Crippen molar-refractivity contribution in [3.8, 4) is 5.75 Å². The van der Waals surface area contributed by atoms with Gasteiger partial charge in [0, 0.05) is 32.7 Å². The molecule has 1 heterocycles. The summed E-state index contributed by atoms with van der Waals surface area (Å²) in [6, 6.07) is 14.3. The average Bonchev–Trinajstić information content (AvgIpc) is 2.72. The molecular weight excluding hydrogens is 390 g/mol. The second kappa shape index (κ2) is 9.39. The number of primary sulfonamides is 1. The van der Waals surface area contributed by atoms with Crippen LogP contribution in [0.4, 0.5) is 0 Å². The van der Waals surface area contributed by atoms with Gasteiger partial charge in [-0.2, -0.15) is 0 Å². The number of methoxy groups -OCH3 is 1. The van der Waals surface area contributed by atoms with Crippen molar-refractivity contribution in [2.24, 2.45) is 5.14 Å². The summed E-state index contributed by atoms with van der Waals surface area (Å²) < 4.78 is 27.8. The molecule has 0 unspecified atom stereocenters. The number of piperazine rings is 1. The van der Waals surface area contributed by atoms with Gasteiger partial charge in [-0.1, -0.05) is 24.3 Å². The van der Waals surface area contributed by atoms with E-state index < -0.39 is 10.0 Å². The summed E-state index contributed by atoms with van der Waals surface area (Å²) >= 11 is 0. The molecule has 1 amide bonds. The molecular formula is C21H27N3O4S. The number of carbonyl (C=O) groups is 1. The van der Waals surface area contributed by atoms with Crippen LogP contribution in [0.2, 0.25) is 0 Å². The monoisotopic (exact) mass is 417 g/mol. The number of hydrogen-bond donors (Lipinski definition) is 1. The Hall–Kier alpha value is -2.42. The molecule has 0 aromatic heterocycles. The van der Waals surface area contributed by atoms with Crippen molar-refractivity contribution in [3.63, 3.8) is 0 Å². The molecule has 0 bridgehead atoms. The fourth-order valence-corrected chi connectivity index (χ4v) is 3.90. The predicted octanol–water partition coefficient (Wildman–Crippen LogP) is 1.27. The van der Waals surface area contributed by atoms with E-state index in [4.69, 9.17) is 9.88 Å². The van der Waals surface area contributed by atoms with Crippen LogP contribution in [0.15, 0.2) is 53.4 Å². The Kier molecular flexibility index (Phi) is 6.89. The first-order valence-electron chi connectivity index (χ1n) is 9.60. The summed E-state index contributed by atoms with van der Waals surface area (Å²) in [6.45, 7) is 4.08. The molecule has 3 rings (SSSR count). The summed E-state index contributed by atoms with van der Waals surface area (Å²) in [4.78, 5) is 16.8. The Bertz CT molecular complexity index is 919. The average molecular weight is 418 g/mol. The molecule has 0 radical (unpaired) electrons. The third-order valence-electron chi connectivity index (χ3n) is 5.21. The zero-order chi connectivity index (χ0) is 20.9. The number of carbonyl (C=O) groups excluding carboxylic acids is 1. The number of nitrogens with two attached hydrogens (primary N) is 1. The van der Waals surface area contributed by atoms with E-state index >= 15 is 0 Å². The van der Waals surface area contributed by atoms with Crippen molar-refractivity contribution < 1.29 is 17.9 Å². The normalized spacial score (nSPS) is 15.3. The van der Waals surface area contributed by atoms with Crippen LogP contribution >= 0.6 is 0 Å². The van der Waals surface area contributed by atoms with E-state index in [1.54, 1.807) is 19.2 Å². The topological polar surface area (TPSA) is 92.9 Å². The van der Waals surface area contributed by atoms with Gasteiger partial charge < -0.3 is 9.64 Å². The number of ether oxygens (including phenoxy) is 1. The number of amides is 1. The molecule has 0 aliphatic carbocycles. The first-order valence-corrected chi connectivity index (χ1v) is 11.1. The summed E-state index contributed by atoms with van der Waals surface area (Å²) in [5.41, 5.74) is 2.05. The molecule has 8 heteroatoms. The number of hydrogen-bond acceptors (Lipinski definition) is 5. The van der Waals surface area contributed by atoms with Gasteiger partial charge in [0.15, 0.2) is 0 Å². The Morgan fingerprint density at radius 2 is 1.55 bits per heavy atom.